The SMILES string of the molecule is O=C(CCC1CCCCC1)N1CCN(C(=O)C2CCCN(C(=O)CCOc3ccccc3)C2)CC1. The first kappa shape index (κ1) is 25.5. The monoisotopic (exact) mass is 483 g/mol. The van der Waals surface area contributed by atoms with Crippen molar-refractivity contribution in [3.05, 3.63) is 30.3 Å². The van der Waals surface area contributed by atoms with Gasteiger partial charge in [0.25, 0.3) is 0 Å². The van der Waals surface area contributed by atoms with Crippen molar-refractivity contribution in [1.29, 1.82) is 0 Å². The minimum absolute atomic E-state index is 0.0480. The van der Waals surface area contributed by atoms with Crippen molar-refractivity contribution in [2.45, 2.75) is 64.2 Å². The van der Waals surface area contributed by atoms with E-state index in [2.05, 4.69) is 0 Å². The van der Waals surface area contributed by atoms with Crippen LogP contribution in [0.15, 0.2) is 30.3 Å². The number of amides is 3. The van der Waals surface area contributed by atoms with Crippen molar-refractivity contribution in [1.82, 2.24) is 14.7 Å². The van der Waals surface area contributed by atoms with Gasteiger partial charge >= 0.3 is 0 Å². The summed E-state index contributed by atoms with van der Waals surface area (Å²) in [4.78, 5) is 44.2. The second-order valence-electron chi connectivity index (χ2n) is 10.3. The van der Waals surface area contributed by atoms with Crippen LogP contribution in [-0.2, 0) is 14.4 Å². The van der Waals surface area contributed by atoms with Crippen LogP contribution >= 0.6 is 0 Å². The standard InChI is InChI=1S/C28H41N3O4/c32-26(14-13-23-8-3-1-4-9-23)29-17-19-30(20-18-29)28(34)24-10-7-16-31(22-24)27(33)15-21-35-25-11-5-2-6-12-25/h2,5-6,11-12,23-24H,1,3-4,7-10,13-22H2. The van der Waals surface area contributed by atoms with Crippen LogP contribution in [0.2, 0.25) is 0 Å². The lowest BCUT2D eigenvalue weighted by molar-refractivity contribution is -0.145. The van der Waals surface area contributed by atoms with Gasteiger partial charge in [0.15, 0.2) is 0 Å². The van der Waals surface area contributed by atoms with Crippen molar-refractivity contribution in [3.63, 3.8) is 0 Å². The van der Waals surface area contributed by atoms with Crippen molar-refractivity contribution in [2.75, 3.05) is 45.9 Å². The van der Waals surface area contributed by atoms with Gasteiger partial charge in [-0.1, -0.05) is 50.3 Å². The maximum Gasteiger partial charge on any atom is 0.227 e. The highest BCUT2D eigenvalue weighted by molar-refractivity contribution is 5.82. The molecule has 1 aliphatic carbocycles. The number of para-hydroxylation sites is 1. The van der Waals surface area contributed by atoms with Crippen LogP contribution in [0.4, 0.5) is 0 Å². The summed E-state index contributed by atoms with van der Waals surface area (Å²) in [6, 6.07) is 9.50. The Morgan fingerprint density at radius 1 is 0.743 bits per heavy atom. The molecule has 3 fully saturated rings. The molecule has 1 aromatic rings. The van der Waals surface area contributed by atoms with Gasteiger partial charge < -0.3 is 19.4 Å². The maximum atomic E-state index is 13.2. The molecule has 7 heteroatoms. The zero-order valence-electron chi connectivity index (χ0n) is 21.0. The largest absolute Gasteiger partial charge is 0.493 e. The van der Waals surface area contributed by atoms with Crippen LogP contribution in [0.3, 0.4) is 0 Å². The number of likely N-dealkylation sites (tertiary alicyclic amines) is 1. The highest BCUT2D eigenvalue weighted by Crippen LogP contribution is 2.27. The summed E-state index contributed by atoms with van der Waals surface area (Å²) in [5.41, 5.74) is 0. The number of carbonyl (C=O) groups is 3. The van der Waals surface area contributed by atoms with Crippen LogP contribution in [0.25, 0.3) is 0 Å². The van der Waals surface area contributed by atoms with E-state index in [0.29, 0.717) is 58.7 Å². The highest BCUT2D eigenvalue weighted by Gasteiger charge is 2.33. The van der Waals surface area contributed by atoms with Gasteiger partial charge in [0.05, 0.1) is 18.9 Å². The molecule has 7 nitrogen and oxygen atoms in total. The highest BCUT2D eigenvalue weighted by atomic mass is 16.5. The third-order valence-corrected chi connectivity index (χ3v) is 7.89. The minimum atomic E-state index is -0.142. The lowest BCUT2D eigenvalue weighted by Crippen LogP contribution is -2.54. The van der Waals surface area contributed by atoms with E-state index in [1.807, 2.05) is 45.0 Å². The Bertz CT molecular complexity index is 832. The molecule has 2 heterocycles. The van der Waals surface area contributed by atoms with E-state index in [4.69, 9.17) is 4.74 Å². The van der Waals surface area contributed by atoms with E-state index < -0.39 is 0 Å². The molecule has 3 aliphatic rings. The molecule has 4 rings (SSSR count). The average Bonchev–Trinajstić information content (AvgIpc) is 2.92. The van der Waals surface area contributed by atoms with Gasteiger partial charge in [-0.3, -0.25) is 14.4 Å². The third kappa shape index (κ3) is 7.45. The number of carbonyl (C=O) groups excluding carboxylic acids is 3. The van der Waals surface area contributed by atoms with E-state index in [9.17, 15) is 14.4 Å². The summed E-state index contributed by atoms with van der Waals surface area (Å²) in [7, 11) is 0. The summed E-state index contributed by atoms with van der Waals surface area (Å²) >= 11 is 0. The van der Waals surface area contributed by atoms with Gasteiger partial charge in [-0.05, 0) is 37.3 Å². The Kier molecular flexibility index (Phi) is 9.43. The Morgan fingerprint density at radius 2 is 1.43 bits per heavy atom. The first-order valence-corrected chi connectivity index (χ1v) is 13.6. The topological polar surface area (TPSA) is 70.2 Å². The van der Waals surface area contributed by atoms with Crippen LogP contribution in [0, 0.1) is 11.8 Å². The summed E-state index contributed by atoms with van der Waals surface area (Å²) < 4.78 is 5.66. The third-order valence-electron chi connectivity index (χ3n) is 7.89. The van der Waals surface area contributed by atoms with Crippen molar-refractivity contribution >= 4 is 17.7 Å². The maximum absolute atomic E-state index is 13.2. The molecule has 1 saturated carbocycles. The molecule has 1 unspecified atom stereocenters. The first-order chi connectivity index (χ1) is 17.1. The molecule has 1 atom stereocenters. The molecular weight excluding hydrogens is 442 g/mol. The lowest BCUT2D eigenvalue weighted by atomic mass is 9.86. The van der Waals surface area contributed by atoms with Crippen LogP contribution < -0.4 is 4.74 Å². The zero-order valence-corrected chi connectivity index (χ0v) is 21.0. The number of ether oxygens (including phenoxy) is 1. The molecule has 0 N–H and O–H groups in total. The van der Waals surface area contributed by atoms with Crippen molar-refractivity contribution in [3.8, 4) is 5.75 Å². The fraction of sp³-hybridized carbons (Fsp3) is 0.679. The van der Waals surface area contributed by atoms with E-state index in [0.717, 1.165) is 30.9 Å². The van der Waals surface area contributed by atoms with E-state index in [1.165, 1.54) is 32.1 Å². The van der Waals surface area contributed by atoms with Gasteiger partial charge in [0.2, 0.25) is 17.7 Å². The molecule has 1 aromatic carbocycles. The molecule has 192 valence electrons. The summed E-state index contributed by atoms with van der Waals surface area (Å²) in [6.07, 6.45) is 10.2. The van der Waals surface area contributed by atoms with Crippen molar-refractivity contribution in [2.24, 2.45) is 11.8 Å². The fourth-order valence-corrected chi connectivity index (χ4v) is 5.73. The molecule has 35 heavy (non-hydrogen) atoms. The minimum Gasteiger partial charge on any atom is -0.493 e. The van der Waals surface area contributed by atoms with E-state index in [1.54, 1.807) is 0 Å². The van der Waals surface area contributed by atoms with Gasteiger partial charge in [0, 0.05) is 45.7 Å². The van der Waals surface area contributed by atoms with Gasteiger partial charge in [-0.15, -0.1) is 0 Å². The number of benzene rings is 1. The van der Waals surface area contributed by atoms with Gasteiger partial charge in [-0.2, -0.15) is 0 Å². The molecule has 0 aromatic heterocycles. The van der Waals surface area contributed by atoms with Crippen LogP contribution in [0.5, 0.6) is 5.75 Å². The molecule has 0 spiro atoms. The molecular formula is C28H41N3O4. The zero-order chi connectivity index (χ0) is 24.5. The normalized spacial score (nSPS) is 21.6. The van der Waals surface area contributed by atoms with E-state index >= 15 is 0 Å². The number of rotatable bonds is 8. The van der Waals surface area contributed by atoms with Crippen LogP contribution in [-0.4, -0.2) is 78.3 Å². The number of piperazine rings is 1. The lowest BCUT2D eigenvalue weighted by Gasteiger charge is -2.39. The summed E-state index contributed by atoms with van der Waals surface area (Å²) in [6.45, 7) is 3.99. The molecule has 3 amide bonds. The first-order valence-electron chi connectivity index (χ1n) is 13.6. The second-order valence-corrected chi connectivity index (χ2v) is 10.3. The quantitative estimate of drug-likeness (QED) is 0.565. The smallest absolute Gasteiger partial charge is 0.227 e. The van der Waals surface area contributed by atoms with Gasteiger partial charge in [-0.25, -0.2) is 0 Å². The molecule has 0 radical (unpaired) electrons. The predicted molar refractivity (Wildman–Crippen MR) is 135 cm³/mol. The average molecular weight is 484 g/mol. The Balaban J connectivity index is 1.16. The fourth-order valence-electron chi connectivity index (χ4n) is 5.73. The number of piperidine rings is 1. The van der Waals surface area contributed by atoms with Crippen molar-refractivity contribution < 1.29 is 19.1 Å². The molecule has 0 bridgehead atoms. The number of nitrogens with zero attached hydrogens (tertiary/aromatic N) is 3. The van der Waals surface area contributed by atoms with Gasteiger partial charge in [0.1, 0.15) is 5.75 Å². The molecule has 2 saturated heterocycles. The Morgan fingerprint density at radius 3 is 2.17 bits per heavy atom. The van der Waals surface area contributed by atoms with E-state index in [-0.39, 0.29) is 23.6 Å². The number of hydrogen-bond acceptors (Lipinski definition) is 4. The summed E-state index contributed by atoms with van der Waals surface area (Å²) in [5, 5.41) is 0. The van der Waals surface area contributed by atoms with Crippen LogP contribution in [0.1, 0.15) is 64.2 Å². The Labute approximate surface area is 209 Å². The second kappa shape index (κ2) is 12.9. The predicted octanol–water partition coefficient (Wildman–Crippen LogP) is 3.73. The Hall–Kier alpha value is -2.57. The molecule has 2 aliphatic heterocycles. The summed E-state index contributed by atoms with van der Waals surface area (Å²) in [5.74, 6) is 1.77. The number of hydrogen-bond donors (Lipinski definition) is 0.